The molecule has 6 rings (SSSR count). The quantitative estimate of drug-likeness (QED) is 0.208. The summed E-state index contributed by atoms with van der Waals surface area (Å²) in [5.74, 6) is 1.35. The molecule has 0 spiro atoms. The largest absolute Gasteiger partial charge is 0.493 e. The number of amides is 1. The van der Waals surface area contributed by atoms with Gasteiger partial charge in [-0.15, -0.1) is 0 Å². The molecule has 0 saturated carbocycles. The van der Waals surface area contributed by atoms with Gasteiger partial charge in [0.1, 0.15) is 24.6 Å². The highest BCUT2D eigenvalue weighted by Crippen LogP contribution is 2.33. The lowest BCUT2D eigenvalue weighted by Crippen LogP contribution is -2.46. The van der Waals surface area contributed by atoms with Gasteiger partial charge in [-0.05, 0) is 40.6 Å². The number of aromatic nitrogens is 4. The number of nitrogens with one attached hydrogen (secondary N) is 2. The van der Waals surface area contributed by atoms with Crippen molar-refractivity contribution in [1.82, 2.24) is 24.8 Å². The zero-order chi connectivity index (χ0) is 29.2. The van der Waals surface area contributed by atoms with E-state index in [4.69, 9.17) is 14.2 Å². The minimum Gasteiger partial charge on any atom is -0.493 e. The summed E-state index contributed by atoms with van der Waals surface area (Å²) in [4.78, 5) is 26.6. The fourth-order valence-electron chi connectivity index (χ4n) is 5.20. The van der Waals surface area contributed by atoms with Crippen LogP contribution < -0.4 is 20.1 Å². The molecular weight excluding hydrogens is 540 g/mol. The highest BCUT2D eigenvalue weighted by atomic mass is 16.5. The Morgan fingerprint density at radius 1 is 1.00 bits per heavy atom. The maximum atomic E-state index is 13.3. The van der Waals surface area contributed by atoms with Crippen LogP contribution in [0.15, 0.2) is 73.3 Å². The smallest absolute Gasteiger partial charge is 0.251 e. The average Bonchev–Trinajstić information content (AvgIpc) is 3.60. The van der Waals surface area contributed by atoms with Crippen molar-refractivity contribution in [3.8, 4) is 11.5 Å². The molecule has 3 heterocycles. The highest BCUT2D eigenvalue weighted by Gasteiger charge is 2.46. The molecule has 4 N–H and O–H groups in total. The molecule has 2 aromatic heterocycles. The SMILES string of the molecule is COc1ccc(CNc2ncnc3c2ncn3[C@@H]2O[C@H](CO)[C@@H](O)[C@H]2NC(=O)c2ccc3ccccc3c2)cc1OC. The molecule has 1 saturated heterocycles. The van der Waals surface area contributed by atoms with E-state index in [1.165, 1.54) is 12.7 Å². The zero-order valence-electron chi connectivity index (χ0n) is 23.0. The minimum absolute atomic E-state index is 0.381. The van der Waals surface area contributed by atoms with E-state index < -0.39 is 31.1 Å². The van der Waals surface area contributed by atoms with E-state index in [9.17, 15) is 15.0 Å². The van der Waals surface area contributed by atoms with Crippen LogP contribution in [-0.2, 0) is 11.3 Å². The van der Waals surface area contributed by atoms with E-state index in [1.807, 2.05) is 48.5 Å². The Balaban J connectivity index is 1.26. The molecule has 12 nitrogen and oxygen atoms in total. The Labute approximate surface area is 240 Å². The van der Waals surface area contributed by atoms with Crippen molar-refractivity contribution in [3.05, 3.63) is 84.4 Å². The third kappa shape index (κ3) is 5.07. The third-order valence-corrected chi connectivity index (χ3v) is 7.40. The van der Waals surface area contributed by atoms with Gasteiger partial charge >= 0.3 is 0 Å². The first-order valence-corrected chi connectivity index (χ1v) is 13.4. The van der Waals surface area contributed by atoms with Crippen LogP contribution in [0, 0.1) is 0 Å². The molecular formula is C30H30N6O6. The van der Waals surface area contributed by atoms with E-state index in [0.717, 1.165) is 16.3 Å². The van der Waals surface area contributed by atoms with Gasteiger partial charge in [0.2, 0.25) is 0 Å². The van der Waals surface area contributed by atoms with Gasteiger partial charge in [0.15, 0.2) is 34.7 Å². The van der Waals surface area contributed by atoms with Crippen LogP contribution in [0.2, 0.25) is 0 Å². The highest BCUT2D eigenvalue weighted by molar-refractivity contribution is 5.98. The van der Waals surface area contributed by atoms with E-state index in [0.29, 0.717) is 40.6 Å². The Bertz CT molecular complexity index is 1740. The normalized spacial score (nSPS) is 20.1. The van der Waals surface area contributed by atoms with Crippen molar-refractivity contribution < 1.29 is 29.2 Å². The van der Waals surface area contributed by atoms with Gasteiger partial charge in [0, 0.05) is 12.1 Å². The van der Waals surface area contributed by atoms with Crippen molar-refractivity contribution in [1.29, 1.82) is 0 Å². The maximum Gasteiger partial charge on any atom is 0.251 e. The van der Waals surface area contributed by atoms with Crippen molar-refractivity contribution >= 4 is 33.7 Å². The van der Waals surface area contributed by atoms with Gasteiger partial charge < -0.3 is 35.1 Å². The van der Waals surface area contributed by atoms with Crippen LogP contribution in [0.5, 0.6) is 11.5 Å². The molecule has 42 heavy (non-hydrogen) atoms. The number of methoxy groups -OCH3 is 2. The van der Waals surface area contributed by atoms with Gasteiger partial charge in [0.05, 0.1) is 27.2 Å². The maximum absolute atomic E-state index is 13.3. The summed E-state index contributed by atoms with van der Waals surface area (Å²) in [6.45, 7) is -0.00521. The molecule has 1 fully saturated rings. The summed E-state index contributed by atoms with van der Waals surface area (Å²) in [6, 6.07) is 17.9. The third-order valence-electron chi connectivity index (χ3n) is 7.40. The van der Waals surface area contributed by atoms with Gasteiger partial charge in [-0.1, -0.05) is 36.4 Å². The van der Waals surface area contributed by atoms with Gasteiger partial charge in [-0.2, -0.15) is 0 Å². The van der Waals surface area contributed by atoms with Crippen LogP contribution in [0.1, 0.15) is 22.1 Å². The Kier molecular flexibility index (Phi) is 7.57. The molecule has 3 aromatic carbocycles. The second-order valence-corrected chi connectivity index (χ2v) is 9.89. The van der Waals surface area contributed by atoms with Crippen LogP contribution in [0.25, 0.3) is 21.9 Å². The van der Waals surface area contributed by atoms with E-state index in [1.54, 1.807) is 30.9 Å². The number of fused-ring (bicyclic) bond motifs is 2. The first kappa shape index (κ1) is 27.4. The summed E-state index contributed by atoms with van der Waals surface area (Å²) in [7, 11) is 3.16. The number of rotatable bonds is 9. The van der Waals surface area contributed by atoms with Crippen LogP contribution in [-0.4, -0.2) is 74.7 Å². The van der Waals surface area contributed by atoms with E-state index in [-0.39, 0.29) is 5.91 Å². The lowest BCUT2D eigenvalue weighted by Gasteiger charge is -2.23. The lowest BCUT2D eigenvalue weighted by molar-refractivity contribution is -0.0440. The minimum atomic E-state index is -1.17. The number of ether oxygens (including phenoxy) is 3. The monoisotopic (exact) mass is 570 g/mol. The average molecular weight is 571 g/mol. The van der Waals surface area contributed by atoms with Crippen molar-refractivity contribution in [2.24, 2.45) is 0 Å². The fraction of sp³-hybridized carbons (Fsp3) is 0.267. The molecule has 5 aromatic rings. The molecule has 0 unspecified atom stereocenters. The molecule has 216 valence electrons. The Morgan fingerprint density at radius 2 is 1.81 bits per heavy atom. The predicted molar refractivity (Wildman–Crippen MR) is 154 cm³/mol. The van der Waals surface area contributed by atoms with Crippen LogP contribution in [0.3, 0.4) is 0 Å². The summed E-state index contributed by atoms with van der Waals surface area (Å²) in [5, 5.41) is 29.0. The van der Waals surface area contributed by atoms with Gasteiger partial charge in [0.25, 0.3) is 5.91 Å². The van der Waals surface area contributed by atoms with Crippen molar-refractivity contribution in [2.75, 3.05) is 26.1 Å². The summed E-state index contributed by atoms with van der Waals surface area (Å²) in [6.07, 6.45) is -0.0622. The molecule has 0 bridgehead atoms. The number of aliphatic hydroxyl groups excluding tert-OH is 2. The van der Waals surface area contributed by atoms with Crippen molar-refractivity contribution in [2.45, 2.75) is 31.0 Å². The van der Waals surface area contributed by atoms with Crippen LogP contribution in [0.4, 0.5) is 5.82 Å². The van der Waals surface area contributed by atoms with Gasteiger partial charge in [-0.3, -0.25) is 9.36 Å². The number of aliphatic hydroxyl groups is 2. The number of benzene rings is 3. The number of hydrogen-bond acceptors (Lipinski definition) is 10. The van der Waals surface area contributed by atoms with Gasteiger partial charge in [-0.25, -0.2) is 15.0 Å². The molecule has 1 amide bonds. The van der Waals surface area contributed by atoms with E-state index in [2.05, 4.69) is 25.6 Å². The molecule has 1 aliphatic rings. The summed E-state index contributed by atoms with van der Waals surface area (Å²) < 4.78 is 18.3. The summed E-state index contributed by atoms with van der Waals surface area (Å²) >= 11 is 0. The molecule has 4 atom stereocenters. The topological polar surface area (TPSA) is 153 Å². The Morgan fingerprint density at radius 3 is 2.60 bits per heavy atom. The van der Waals surface area contributed by atoms with Crippen LogP contribution >= 0.6 is 0 Å². The van der Waals surface area contributed by atoms with Crippen molar-refractivity contribution in [3.63, 3.8) is 0 Å². The number of imidazole rings is 1. The lowest BCUT2D eigenvalue weighted by atomic mass is 10.0. The molecule has 12 heteroatoms. The van der Waals surface area contributed by atoms with E-state index >= 15 is 0 Å². The first-order valence-electron chi connectivity index (χ1n) is 13.4. The predicted octanol–water partition coefficient (Wildman–Crippen LogP) is 2.66. The standard InChI is InChI=1S/C30H30N6O6/c1-40-21-10-7-17(11-22(21)41-2)13-31-27-25-28(33-15-32-27)36(16-34-25)30-24(26(38)23(14-37)42-30)35-29(39)20-9-8-18-5-3-4-6-19(18)12-20/h3-12,15-16,23-24,26,30,37-38H,13-14H2,1-2H3,(H,35,39)(H,31,32,33)/t23-,24-,26-,30-/m1/s1. The summed E-state index contributed by atoms with van der Waals surface area (Å²) in [5.41, 5.74) is 2.28. The Hall–Kier alpha value is -4.78. The second kappa shape index (κ2) is 11.6. The zero-order valence-corrected chi connectivity index (χ0v) is 23.0. The molecule has 0 radical (unpaired) electrons. The number of carbonyl (C=O) groups excluding carboxylic acids is 1. The molecule has 0 aliphatic carbocycles. The first-order chi connectivity index (χ1) is 20.5. The number of carbonyl (C=O) groups is 1. The number of nitrogens with zero attached hydrogens (tertiary/aromatic N) is 4. The second-order valence-electron chi connectivity index (χ2n) is 9.89. The number of hydrogen-bond donors (Lipinski definition) is 4. The molecule has 1 aliphatic heterocycles. The number of anilines is 1. The fourth-order valence-corrected chi connectivity index (χ4v) is 5.20.